The molecule has 0 bridgehead atoms. The highest BCUT2D eigenvalue weighted by Gasteiger charge is 2.24. The van der Waals surface area contributed by atoms with Crippen LogP contribution in [-0.4, -0.2) is 39.7 Å². The van der Waals surface area contributed by atoms with E-state index < -0.39 is 35.1 Å². The SMILES string of the molecule is O=C(NC(CO)C(=O)O)c1cc([N+](=O)[O-])cc(Cl)c1Cl. The smallest absolute Gasteiger partial charge is 0.328 e. The van der Waals surface area contributed by atoms with Crippen molar-refractivity contribution in [3.8, 4) is 0 Å². The van der Waals surface area contributed by atoms with E-state index >= 15 is 0 Å². The maximum Gasteiger partial charge on any atom is 0.328 e. The topological polar surface area (TPSA) is 130 Å². The number of aliphatic hydroxyl groups excluding tert-OH is 1. The second kappa shape index (κ2) is 6.51. The Labute approximate surface area is 122 Å². The molecule has 0 aromatic heterocycles. The van der Waals surface area contributed by atoms with Gasteiger partial charge in [-0.05, 0) is 0 Å². The fourth-order valence-electron chi connectivity index (χ4n) is 1.27. The van der Waals surface area contributed by atoms with Gasteiger partial charge in [0.05, 0.1) is 27.1 Å². The second-order valence-electron chi connectivity index (χ2n) is 3.59. The van der Waals surface area contributed by atoms with Crippen LogP contribution in [0.5, 0.6) is 0 Å². The molecule has 1 aromatic rings. The Morgan fingerprint density at radius 3 is 2.45 bits per heavy atom. The lowest BCUT2D eigenvalue weighted by Crippen LogP contribution is -2.43. The van der Waals surface area contributed by atoms with Crippen molar-refractivity contribution >= 4 is 40.8 Å². The van der Waals surface area contributed by atoms with E-state index in [9.17, 15) is 19.7 Å². The number of carbonyl (C=O) groups is 2. The molecule has 0 saturated carbocycles. The van der Waals surface area contributed by atoms with Crippen molar-refractivity contribution in [2.45, 2.75) is 6.04 Å². The summed E-state index contributed by atoms with van der Waals surface area (Å²) in [5.41, 5.74) is -0.828. The number of carboxylic acids is 1. The minimum atomic E-state index is -1.56. The molecule has 1 atom stereocenters. The van der Waals surface area contributed by atoms with Crippen molar-refractivity contribution in [1.82, 2.24) is 5.32 Å². The number of rotatable bonds is 5. The van der Waals surface area contributed by atoms with Crippen LogP contribution in [0.2, 0.25) is 10.0 Å². The van der Waals surface area contributed by atoms with E-state index in [-0.39, 0.29) is 15.6 Å². The molecule has 10 heteroatoms. The summed E-state index contributed by atoms with van der Waals surface area (Å²) in [6, 6.07) is 0.262. The zero-order valence-corrected chi connectivity index (χ0v) is 11.2. The van der Waals surface area contributed by atoms with Crippen LogP contribution in [0.4, 0.5) is 5.69 Å². The van der Waals surface area contributed by atoms with Crippen LogP contribution in [0.25, 0.3) is 0 Å². The first-order chi connectivity index (χ1) is 9.27. The molecule has 0 heterocycles. The number of amides is 1. The van der Waals surface area contributed by atoms with Gasteiger partial charge >= 0.3 is 5.97 Å². The fourth-order valence-corrected chi connectivity index (χ4v) is 1.68. The van der Waals surface area contributed by atoms with Gasteiger partial charge in [0.2, 0.25) is 0 Å². The quantitative estimate of drug-likeness (QED) is 0.549. The average molecular weight is 323 g/mol. The van der Waals surface area contributed by atoms with Crippen molar-refractivity contribution in [3.05, 3.63) is 37.9 Å². The van der Waals surface area contributed by atoms with Crippen molar-refractivity contribution in [2.75, 3.05) is 6.61 Å². The van der Waals surface area contributed by atoms with Gasteiger partial charge in [-0.2, -0.15) is 0 Å². The molecule has 3 N–H and O–H groups in total. The number of nitro benzene ring substituents is 1. The molecule has 20 heavy (non-hydrogen) atoms. The van der Waals surface area contributed by atoms with Gasteiger partial charge in [-0.3, -0.25) is 14.9 Å². The van der Waals surface area contributed by atoms with E-state index in [1.165, 1.54) is 0 Å². The molecule has 8 nitrogen and oxygen atoms in total. The Morgan fingerprint density at radius 2 is 2.00 bits per heavy atom. The molecule has 1 rings (SSSR count). The first kappa shape index (κ1) is 16.2. The maximum atomic E-state index is 11.8. The molecule has 1 aromatic carbocycles. The van der Waals surface area contributed by atoms with Gasteiger partial charge in [0.15, 0.2) is 6.04 Å². The van der Waals surface area contributed by atoms with Crippen molar-refractivity contribution < 1.29 is 24.7 Å². The Balaban J connectivity index is 3.15. The van der Waals surface area contributed by atoms with Gasteiger partial charge < -0.3 is 15.5 Å². The summed E-state index contributed by atoms with van der Waals surface area (Å²) in [6.07, 6.45) is 0. The summed E-state index contributed by atoms with van der Waals surface area (Å²) >= 11 is 11.4. The standard InChI is InChI=1S/C10H8Cl2N2O6/c11-6-2-4(14(19)20)1-5(8(6)12)9(16)13-7(3-15)10(17)18/h1-2,7,15H,3H2,(H,13,16)(H,17,18). The molecule has 0 aliphatic rings. The van der Waals surface area contributed by atoms with Gasteiger partial charge in [0.1, 0.15) is 0 Å². The summed E-state index contributed by atoms with van der Waals surface area (Å²) < 4.78 is 0. The highest BCUT2D eigenvalue weighted by Crippen LogP contribution is 2.30. The molecular formula is C10H8Cl2N2O6. The Bertz CT molecular complexity index is 577. The molecule has 0 fully saturated rings. The van der Waals surface area contributed by atoms with E-state index in [2.05, 4.69) is 0 Å². The maximum absolute atomic E-state index is 11.8. The van der Waals surface area contributed by atoms with Crippen molar-refractivity contribution in [2.24, 2.45) is 0 Å². The summed E-state index contributed by atoms with van der Waals surface area (Å²) in [4.78, 5) is 32.4. The number of non-ortho nitro benzene ring substituents is 1. The van der Waals surface area contributed by atoms with Gasteiger partial charge in [0, 0.05) is 12.1 Å². The molecule has 0 radical (unpaired) electrons. The van der Waals surface area contributed by atoms with Gasteiger partial charge in [0.25, 0.3) is 11.6 Å². The Morgan fingerprint density at radius 1 is 1.40 bits per heavy atom. The summed E-state index contributed by atoms with van der Waals surface area (Å²) in [6.45, 7) is -0.846. The van der Waals surface area contributed by atoms with E-state index in [4.69, 9.17) is 33.4 Å². The third kappa shape index (κ3) is 3.56. The number of hydrogen-bond donors (Lipinski definition) is 3. The normalized spacial score (nSPS) is 11.8. The zero-order chi connectivity index (χ0) is 15.4. The third-order valence-electron chi connectivity index (χ3n) is 2.25. The predicted octanol–water partition coefficient (Wildman–Crippen LogP) is 1.08. The van der Waals surface area contributed by atoms with Crippen LogP contribution in [0, 0.1) is 10.1 Å². The molecular weight excluding hydrogens is 315 g/mol. The first-order valence-electron chi connectivity index (χ1n) is 5.06. The summed E-state index contributed by atoms with van der Waals surface area (Å²) in [5.74, 6) is -2.46. The van der Waals surface area contributed by atoms with E-state index in [1.54, 1.807) is 0 Å². The fraction of sp³-hybridized carbons (Fsp3) is 0.200. The first-order valence-corrected chi connectivity index (χ1v) is 5.81. The predicted molar refractivity (Wildman–Crippen MR) is 69.1 cm³/mol. The summed E-state index contributed by atoms with van der Waals surface area (Å²) in [5, 5.41) is 29.6. The second-order valence-corrected chi connectivity index (χ2v) is 4.38. The lowest BCUT2D eigenvalue weighted by Gasteiger charge is -2.12. The van der Waals surface area contributed by atoms with E-state index in [1.807, 2.05) is 5.32 Å². The molecule has 0 aliphatic carbocycles. The number of aliphatic carboxylic acids is 1. The van der Waals surface area contributed by atoms with Crippen molar-refractivity contribution in [3.63, 3.8) is 0 Å². The number of aliphatic hydroxyl groups is 1. The number of benzene rings is 1. The average Bonchev–Trinajstić information content (AvgIpc) is 2.37. The number of halogens is 2. The zero-order valence-electron chi connectivity index (χ0n) is 9.67. The number of nitrogens with one attached hydrogen (secondary N) is 1. The minimum absolute atomic E-state index is 0.220. The lowest BCUT2D eigenvalue weighted by atomic mass is 10.1. The van der Waals surface area contributed by atoms with Crippen LogP contribution in [0.3, 0.4) is 0 Å². The largest absolute Gasteiger partial charge is 0.480 e. The number of carbonyl (C=O) groups excluding carboxylic acids is 1. The highest BCUT2D eigenvalue weighted by atomic mass is 35.5. The van der Waals surface area contributed by atoms with Gasteiger partial charge in [-0.1, -0.05) is 23.2 Å². The molecule has 0 aliphatic heterocycles. The molecule has 1 unspecified atom stereocenters. The molecule has 108 valence electrons. The molecule has 1 amide bonds. The molecule has 0 spiro atoms. The summed E-state index contributed by atoms with van der Waals surface area (Å²) in [7, 11) is 0. The number of hydrogen-bond acceptors (Lipinski definition) is 5. The van der Waals surface area contributed by atoms with Crippen LogP contribution in [-0.2, 0) is 4.79 Å². The van der Waals surface area contributed by atoms with Gasteiger partial charge in [-0.25, -0.2) is 4.79 Å². The van der Waals surface area contributed by atoms with E-state index in [0.29, 0.717) is 0 Å². The number of carboxylic acid groups (broad SMARTS) is 1. The number of nitro groups is 1. The van der Waals surface area contributed by atoms with Crippen LogP contribution in [0.15, 0.2) is 12.1 Å². The number of nitrogens with zero attached hydrogens (tertiary/aromatic N) is 1. The lowest BCUT2D eigenvalue weighted by molar-refractivity contribution is -0.384. The van der Waals surface area contributed by atoms with E-state index in [0.717, 1.165) is 12.1 Å². The molecule has 0 saturated heterocycles. The van der Waals surface area contributed by atoms with Crippen molar-refractivity contribution in [1.29, 1.82) is 0 Å². The Hall–Kier alpha value is -1.90. The van der Waals surface area contributed by atoms with Crippen LogP contribution < -0.4 is 5.32 Å². The monoisotopic (exact) mass is 322 g/mol. The minimum Gasteiger partial charge on any atom is -0.480 e. The highest BCUT2D eigenvalue weighted by molar-refractivity contribution is 6.44. The van der Waals surface area contributed by atoms with Crippen LogP contribution in [0.1, 0.15) is 10.4 Å². The third-order valence-corrected chi connectivity index (χ3v) is 3.06. The van der Waals surface area contributed by atoms with Crippen LogP contribution >= 0.6 is 23.2 Å². The Kier molecular flexibility index (Phi) is 5.26. The van der Waals surface area contributed by atoms with Gasteiger partial charge in [-0.15, -0.1) is 0 Å².